The molecule has 1 aliphatic rings. The van der Waals surface area contributed by atoms with Crippen LogP contribution in [0, 0.1) is 0 Å². The van der Waals surface area contributed by atoms with E-state index in [0.29, 0.717) is 18.0 Å². The lowest BCUT2D eigenvalue weighted by molar-refractivity contribution is -0.131. The zero-order valence-electron chi connectivity index (χ0n) is 13.2. The minimum Gasteiger partial charge on any atom is -0.496 e. The van der Waals surface area contributed by atoms with Crippen molar-refractivity contribution in [3.8, 4) is 17.1 Å². The van der Waals surface area contributed by atoms with Gasteiger partial charge in [-0.3, -0.25) is 4.79 Å². The summed E-state index contributed by atoms with van der Waals surface area (Å²) in [6.45, 7) is 2.11. The van der Waals surface area contributed by atoms with Crippen molar-refractivity contribution in [1.29, 1.82) is 0 Å². The van der Waals surface area contributed by atoms with E-state index >= 15 is 0 Å². The molecule has 6 heteroatoms. The zero-order valence-corrected chi connectivity index (χ0v) is 13.9. The Bertz CT molecular complexity index is 695. The fourth-order valence-electron chi connectivity index (χ4n) is 2.54. The van der Waals surface area contributed by atoms with Crippen LogP contribution in [-0.2, 0) is 11.3 Å². The summed E-state index contributed by atoms with van der Waals surface area (Å²) in [6, 6.07) is 9.71. The first kappa shape index (κ1) is 15.9. The molecule has 0 saturated heterocycles. The first-order chi connectivity index (χ1) is 11.1. The highest BCUT2D eigenvalue weighted by molar-refractivity contribution is 6.30. The lowest BCUT2D eigenvalue weighted by Crippen LogP contribution is -2.37. The highest BCUT2D eigenvalue weighted by atomic mass is 35.5. The van der Waals surface area contributed by atoms with Crippen LogP contribution in [0.15, 0.2) is 34.9 Å². The maximum atomic E-state index is 12.2. The largest absolute Gasteiger partial charge is 0.496 e. The van der Waals surface area contributed by atoms with Crippen molar-refractivity contribution in [3.05, 3.63) is 36.0 Å². The quantitative estimate of drug-likeness (QED) is 0.759. The molecule has 5 nitrogen and oxygen atoms in total. The Kier molecular flexibility index (Phi) is 4.57. The number of ether oxygens (including phenoxy) is 1. The van der Waals surface area contributed by atoms with Gasteiger partial charge in [-0.15, -0.1) is 11.6 Å². The van der Waals surface area contributed by atoms with E-state index < -0.39 is 5.38 Å². The number of para-hydroxylation sites is 1. The molecule has 1 atom stereocenters. The summed E-state index contributed by atoms with van der Waals surface area (Å²) >= 11 is 5.95. The van der Waals surface area contributed by atoms with E-state index in [4.69, 9.17) is 20.9 Å². The van der Waals surface area contributed by atoms with Gasteiger partial charge in [0.1, 0.15) is 16.8 Å². The van der Waals surface area contributed by atoms with E-state index in [1.165, 1.54) is 0 Å². The van der Waals surface area contributed by atoms with Gasteiger partial charge in [0.25, 0.3) is 0 Å². The Balaban J connectivity index is 1.80. The van der Waals surface area contributed by atoms with E-state index in [1.54, 1.807) is 18.9 Å². The molecule has 1 aromatic heterocycles. The average molecular weight is 335 g/mol. The second kappa shape index (κ2) is 6.62. The summed E-state index contributed by atoms with van der Waals surface area (Å²) in [6.07, 6.45) is 2.04. The topological polar surface area (TPSA) is 55.6 Å². The summed E-state index contributed by atoms with van der Waals surface area (Å²) < 4.78 is 10.8. The number of benzene rings is 1. The van der Waals surface area contributed by atoms with E-state index in [-0.39, 0.29) is 11.9 Å². The molecule has 2 aromatic rings. The Morgan fingerprint density at radius 2 is 2.22 bits per heavy atom. The number of alkyl halides is 1. The van der Waals surface area contributed by atoms with Crippen LogP contribution in [0.3, 0.4) is 0 Å². The maximum absolute atomic E-state index is 12.2. The molecule has 1 heterocycles. The highest BCUT2D eigenvalue weighted by Crippen LogP contribution is 2.32. The minimum atomic E-state index is -0.531. The molecular formula is C17H19ClN2O3. The van der Waals surface area contributed by atoms with Gasteiger partial charge in [0.05, 0.1) is 19.2 Å². The molecular weight excluding hydrogens is 316 g/mol. The van der Waals surface area contributed by atoms with E-state index in [1.807, 2.05) is 30.3 Å². The van der Waals surface area contributed by atoms with Crippen LogP contribution in [0.2, 0.25) is 0 Å². The molecule has 0 bridgehead atoms. The third-order valence-electron chi connectivity index (χ3n) is 3.87. The predicted molar refractivity (Wildman–Crippen MR) is 87.4 cm³/mol. The number of carbonyl (C=O) groups is 1. The lowest BCUT2D eigenvalue weighted by atomic mass is 10.1. The van der Waals surface area contributed by atoms with Gasteiger partial charge in [-0.2, -0.15) is 0 Å². The van der Waals surface area contributed by atoms with Gasteiger partial charge < -0.3 is 14.2 Å². The zero-order chi connectivity index (χ0) is 16.4. The van der Waals surface area contributed by atoms with Crippen molar-refractivity contribution >= 4 is 17.5 Å². The molecule has 3 rings (SSSR count). The Morgan fingerprint density at radius 1 is 1.48 bits per heavy atom. The molecule has 23 heavy (non-hydrogen) atoms. The van der Waals surface area contributed by atoms with Crippen molar-refractivity contribution in [3.63, 3.8) is 0 Å². The second-order valence-electron chi connectivity index (χ2n) is 5.70. The fourth-order valence-corrected chi connectivity index (χ4v) is 2.66. The average Bonchev–Trinajstić information content (AvgIpc) is 3.30. The molecule has 122 valence electrons. The fraction of sp³-hybridized carbons (Fsp3) is 0.412. The number of hydrogen-bond acceptors (Lipinski definition) is 4. The van der Waals surface area contributed by atoms with Gasteiger partial charge in [-0.1, -0.05) is 17.3 Å². The van der Waals surface area contributed by atoms with Gasteiger partial charge in [0, 0.05) is 12.1 Å². The van der Waals surface area contributed by atoms with E-state index in [0.717, 1.165) is 24.2 Å². The molecule has 0 unspecified atom stereocenters. The Hall–Kier alpha value is -2.01. The summed E-state index contributed by atoms with van der Waals surface area (Å²) in [7, 11) is 1.62. The van der Waals surface area contributed by atoms with Gasteiger partial charge >= 0.3 is 0 Å². The van der Waals surface area contributed by atoms with Crippen LogP contribution >= 0.6 is 11.6 Å². The summed E-state index contributed by atoms with van der Waals surface area (Å²) in [4.78, 5) is 14.0. The van der Waals surface area contributed by atoms with Gasteiger partial charge in [-0.25, -0.2) is 0 Å². The monoisotopic (exact) mass is 334 g/mol. The van der Waals surface area contributed by atoms with Crippen LogP contribution < -0.4 is 4.74 Å². The van der Waals surface area contributed by atoms with Crippen molar-refractivity contribution in [1.82, 2.24) is 10.1 Å². The standard InChI is InChI=1S/C17H19ClN2O3/c1-11(18)17(21)20(13-7-8-13)10-12-9-16(23-19-12)14-5-3-4-6-15(14)22-2/h3-6,9,11,13H,7-8,10H2,1-2H3/t11-/m0/s1. The van der Waals surface area contributed by atoms with Crippen LogP contribution in [0.4, 0.5) is 0 Å². The Labute approximate surface area is 140 Å². The number of carbonyl (C=O) groups excluding carboxylic acids is 1. The molecule has 1 saturated carbocycles. The van der Waals surface area contributed by atoms with Crippen molar-refractivity contribution in [2.24, 2.45) is 0 Å². The second-order valence-corrected chi connectivity index (χ2v) is 6.35. The molecule has 1 aromatic carbocycles. The summed E-state index contributed by atoms with van der Waals surface area (Å²) in [5.41, 5.74) is 1.55. The third kappa shape index (κ3) is 3.50. The number of hydrogen-bond donors (Lipinski definition) is 0. The molecule has 0 radical (unpaired) electrons. The summed E-state index contributed by atoms with van der Waals surface area (Å²) in [5.74, 6) is 1.29. The first-order valence-corrected chi connectivity index (χ1v) is 8.07. The minimum absolute atomic E-state index is 0.0593. The van der Waals surface area contributed by atoms with Crippen molar-refractivity contribution in [2.75, 3.05) is 7.11 Å². The number of methoxy groups -OCH3 is 1. The first-order valence-electron chi connectivity index (χ1n) is 7.63. The molecule has 0 aliphatic heterocycles. The number of aromatic nitrogens is 1. The number of rotatable bonds is 6. The summed E-state index contributed by atoms with van der Waals surface area (Å²) in [5, 5.41) is 3.56. The molecule has 1 aliphatic carbocycles. The predicted octanol–water partition coefficient (Wildman–Crippen LogP) is 3.47. The molecule has 0 spiro atoms. The van der Waals surface area contributed by atoms with Gasteiger partial charge in [0.15, 0.2) is 5.76 Å². The van der Waals surface area contributed by atoms with Crippen molar-refractivity contribution in [2.45, 2.75) is 37.7 Å². The number of nitrogens with zero attached hydrogens (tertiary/aromatic N) is 2. The number of halogens is 1. The third-order valence-corrected chi connectivity index (χ3v) is 4.06. The van der Waals surface area contributed by atoms with E-state index in [9.17, 15) is 4.79 Å². The lowest BCUT2D eigenvalue weighted by Gasteiger charge is -2.22. The van der Waals surface area contributed by atoms with Crippen LogP contribution in [-0.4, -0.2) is 34.5 Å². The Morgan fingerprint density at radius 3 is 2.87 bits per heavy atom. The highest BCUT2D eigenvalue weighted by Gasteiger charge is 2.34. The van der Waals surface area contributed by atoms with E-state index in [2.05, 4.69) is 5.16 Å². The van der Waals surface area contributed by atoms with Crippen molar-refractivity contribution < 1.29 is 14.1 Å². The normalized spacial score (nSPS) is 15.3. The molecule has 1 amide bonds. The smallest absolute Gasteiger partial charge is 0.240 e. The van der Waals surface area contributed by atoms with Crippen LogP contribution in [0.5, 0.6) is 5.75 Å². The van der Waals surface area contributed by atoms with Gasteiger partial charge in [-0.05, 0) is 31.9 Å². The van der Waals surface area contributed by atoms with Crippen LogP contribution in [0.1, 0.15) is 25.5 Å². The SMILES string of the molecule is COc1ccccc1-c1cc(CN(C(=O)[C@H](C)Cl)C2CC2)no1. The molecule has 1 fully saturated rings. The molecule has 0 N–H and O–H groups in total. The van der Waals surface area contributed by atoms with Gasteiger partial charge in [0.2, 0.25) is 5.91 Å². The maximum Gasteiger partial charge on any atom is 0.240 e. The van der Waals surface area contributed by atoms with Crippen LogP contribution in [0.25, 0.3) is 11.3 Å². The number of amides is 1.